The third-order valence-corrected chi connectivity index (χ3v) is 8.86. The van der Waals surface area contributed by atoms with Crippen LogP contribution in [0.15, 0.2) is 72.8 Å². The lowest BCUT2D eigenvalue weighted by molar-refractivity contribution is -0.141. The Hall–Kier alpha value is -3.27. The van der Waals surface area contributed by atoms with Crippen LogP contribution in [0, 0.1) is 0 Å². The number of rotatable bonds is 15. The van der Waals surface area contributed by atoms with Crippen LogP contribution < -0.4 is 14.4 Å². The van der Waals surface area contributed by atoms with Gasteiger partial charge in [0.2, 0.25) is 21.8 Å². The molecule has 43 heavy (non-hydrogen) atoms. The highest BCUT2D eigenvalue weighted by atomic mass is 35.5. The zero-order valence-corrected chi connectivity index (χ0v) is 27.3. The highest BCUT2D eigenvalue weighted by Crippen LogP contribution is 2.30. The minimum Gasteiger partial charge on any atom is -0.495 e. The fourth-order valence-corrected chi connectivity index (χ4v) is 5.93. The van der Waals surface area contributed by atoms with E-state index in [1.54, 1.807) is 29.2 Å². The monoisotopic (exact) mass is 647 g/mol. The number of ether oxygens (including phenoxy) is 1. The molecule has 0 aliphatic carbocycles. The van der Waals surface area contributed by atoms with Gasteiger partial charge >= 0.3 is 0 Å². The number of carbonyl (C=O) groups excluding carboxylic acids is 2. The van der Waals surface area contributed by atoms with Crippen LogP contribution >= 0.6 is 23.2 Å². The van der Waals surface area contributed by atoms with Crippen molar-refractivity contribution in [1.29, 1.82) is 0 Å². The van der Waals surface area contributed by atoms with E-state index in [2.05, 4.69) is 5.32 Å². The summed E-state index contributed by atoms with van der Waals surface area (Å²) in [5.41, 5.74) is 2.10. The van der Waals surface area contributed by atoms with Gasteiger partial charge in [0.15, 0.2) is 0 Å². The molecule has 3 aromatic rings. The van der Waals surface area contributed by atoms with Gasteiger partial charge in [-0.2, -0.15) is 0 Å². The Morgan fingerprint density at radius 2 is 1.65 bits per heavy atom. The smallest absolute Gasteiger partial charge is 0.243 e. The number of methoxy groups -OCH3 is 1. The van der Waals surface area contributed by atoms with Crippen molar-refractivity contribution in [3.8, 4) is 5.75 Å². The number of benzene rings is 3. The fourth-order valence-electron chi connectivity index (χ4n) is 4.60. The summed E-state index contributed by atoms with van der Waals surface area (Å²) in [6.45, 7) is 4.14. The standard InChI is InChI=1S/C32H39Cl2N3O5S/c1-5-23(2)35-32(39)29(20-24-10-7-6-8-11-24)36(22-25-13-15-26(33)16-14-25)31(38)12-9-19-37(43(4,40)41)27-17-18-30(42-3)28(34)21-27/h6-8,10-11,13-18,21,23,29H,5,9,12,19-20,22H2,1-4H3,(H,35,39)/t23-,29-/m1/s1. The molecule has 0 saturated carbocycles. The minimum absolute atomic E-state index is 0.0192. The molecule has 0 fully saturated rings. The first-order chi connectivity index (χ1) is 20.4. The van der Waals surface area contributed by atoms with E-state index in [9.17, 15) is 18.0 Å². The maximum atomic E-state index is 13.9. The zero-order valence-electron chi connectivity index (χ0n) is 24.9. The fraction of sp³-hybridized carbons (Fsp3) is 0.375. The molecule has 0 saturated heterocycles. The largest absolute Gasteiger partial charge is 0.495 e. The van der Waals surface area contributed by atoms with Crippen LogP contribution in [-0.2, 0) is 32.6 Å². The normalized spacial score (nSPS) is 12.7. The molecule has 3 rings (SSSR count). The quantitative estimate of drug-likeness (QED) is 0.215. The van der Waals surface area contributed by atoms with Crippen LogP contribution in [0.3, 0.4) is 0 Å². The van der Waals surface area contributed by atoms with Gasteiger partial charge in [-0.05, 0) is 61.2 Å². The molecule has 0 heterocycles. The number of carbonyl (C=O) groups is 2. The summed E-state index contributed by atoms with van der Waals surface area (Å²) in [6.07, 6.45) is 2.41. The molecule has 0 bridgehead atoms. The molecule has 0 radical (unpaired) electrons. The molecule has 0 unspecified atom stereocenters. The Labute approximate surface area is 265 Å². The lowest BCUT2D eigenvalue weighted by Crippen LogP contribution is -2.52. The zero-order chi connectivity index (χ0) is 31.6. The van der Waals surface area contributed by atoms with Crippen molar-refractivity contribution in [2.45, 2.75) is 58.2 Å². The van der Waals surface area contributed by atoms with Gasteiger partial charge in [-0.1, -0.05) is 72.6 Å². The van der Waals surface area contributed by atoms with E-state index in [0.717, 1.165) is 23.8 Å². The Bertz CT molecular complexity index is 1470. The second kappa shape index (κ2) is 16.0. The second-order valence-electron chi connectivity index (χ2n) is 10.4. The van der Waals surface area contributed by atoms with Crippen molar-refractivity contribution in [2.75, 3.05) is 24.2 Å². The van der Waals surface area contributed by atoms with Crippen molar-refractivity contribution in [3.05, 3.63) is 94.0 Å². The number of amides is 2. The van der Waals surface area contributed by atoms with Crippen LogP contribution in [0.2, 0.25) is 10.0 Å². The molecule has 1 N–H and O–H groups in total. The molecule has 11 heteroatoms. The van der Waals surface area contributed by atoms with Crippen molar-refractivity contribution >= 4 is 50.7 Å². The summed E-state index contributed by atoms with van der Waals surface area (Å²) in [5, 5.41) is 3.89. The molecule has 0 aromatic heterocycles. The number of hydrogen-bond acceptors (Lipinski definition) is 5. The van der Waals surface area contributed by atoms with E-state index in [0.29, 0.717) is 22.9 Å². The number of nitrogens with zero attached hydrogens (tertiary/aromatic N) is 2. The minimum atomic E-state index is -3.68. The molecule has 2 atom stereocenters. The first-order valence-corrected chi connectivity index (χ1v) is 16.7. The van der Waals surface area contributed by atoms with Crippen molar-refractivity contribution < 1.29 is 22.7 Å². The Morgan fingerprint density at radius 1 is 0.977 bits per heavy atom. The van der Waals surface area contributed by atoms with E-state index < -0.39 is 16.1 Å². The van der Waals surface area contributed by atoms with E-state index in [1.807, 2.05) is 56.3 Å². The molecule has 0 aliphatic rings. The number of nitrogens with one attached hydrogen (secondary N) is 1. The van der Waals surface area contributed by atoms with E-state index in [4.69, 9.17) is 27.9 Å². The van der Waals surface area contributed by atoms with Crippen LogP contribution in [-0.4, -0.2) is 57.1 Å². The molecule has 8 nitrogen and oxygen atoms in total. The summed E-state index contributed by atoms with van der Waals surface area (Å²) in [4.78, 5) is 29.2. The van der Waals surface area contributed by atoms with Gasteiger partial charge in [-0.3, -0.25) is 13.9 Å². The first kappa shape index (κ1) is 34.2. The number of sulfonamides is 1. The average Bonchev–Trinajstić information content (AvgIpc) is 2.97. The van der Waals surface area contributed by atoms with Gasteiger partial charge in [0.1, 0.15) is 11.8 Å². The average molecular weight is 649 g/mol. The van der Waals surface area contributed by atoms with Gasteiger partial charge in [-0.25, -0.2) is 8.42 Å². The second-order valence-corrected chi connectivity index (χ2v) is 13.2. The summed E-state index contributed by atoms with van der Waals surface area (Å²) >= 11 is 12.4. The van der Waals surface area contributed by atoms with Gasteiger partial charge in [0, 0.05) is 37.0 Å². The lowest BCUT2D eigenvalue weighted by Gasteiger charge is -2.32. The Kier molecular flexibility index (Phi) is 12.7. The van der Waals surface area contributed by atoms with Gasteiger partial charge in [0.25, 0.3) is 0 Å². The molecular formula is C32H39Cl2N3O5S. The number of anilines is 1. The molecule has 0 aliphatic heterocycles. The molecule has 2 amide bonds. The summed E-state index contributed by atoms with van der Waals surface area (Å²) in [5.74, 6) is -0.0884. The summed E-state index contributed by atoms with van der Waals surface area (Å²) in [7, 11) is -2.20. The predicted molar refractivity (Wildman–Crippen MR) is 173 cm³/mol. The van der Waals surface area contributed by atoms with Crippen LogP contribution in [0.4, 0.5) is 5.69 Å². The van der Waals surface area contributed by atoms with Crippen LogP contribution in [0.1, 0.15) is 44.2 Å². The third kappa shape index (κ3) is 10.2. The maximum absolute atomic E-state index is 13.9. The van der Waals surface area contributed by atoms with Gasteiger partial charge in [-0.15, -0.1) is 0 Å². The molecular weight excluding hydrogens is 609 g/mol. The van der Waals surface area contributed by atoms with Crippen molar-refractivity contribution in [3.63, 3.8) is 0 Å². The third-order valence-electron chi connectivity index (χ3n) is 7.11. The number of halogens is 2. The van der Waals surface area contributed by atoms with Crippen LogP contribution in [0.5, 0.6) is 5.75 Å². The molecule has 0 spiro atoms. The Balaban J connectivity index is 1.89. The summed E-state index contributed by atoms with van der Waals surface area (Å²) in [6, 6.07) is 20.6. The van der Waals surface area contributed by atoms with Gasteiger partial charge < -0.3 is 15.0 Å². The first-order valence-electron chi connectivity index (χ1n) is 14.1. The predicted octanol–water partition coefficient (Wildman–Crippen LogP) is 6.10. The summed E-state index contributed by atoms with van der Waals surface area (Å²) < 4.78 is 31.8. The topological polar surface area (TPSA) is 96.0 Å². The Morgan fingerprint density at radius 3 is 2.23 bits per heavy atom. The SMILES string of the molecule is CC[C@@H](C)NC(=O)[C@@H](Cc1ccccc1)N(Cc1ccc(Cl)cc1)C(=O)CCCN(c1ccc(OC)c(Cl)c1)S(C)(=O)=O. The van der Waals surface area contributed by atoms with E-state index >= 15 is 0 Å². The number of hydrogen-bond donors (Lipinski definition) is 1. The van der Waals surface area contributed by atoms with Crippen molar-refractivity contribution in [2.24, 2.45) is 0 Å². The highest BCUT2D eigenvalue weighted by molar-refractivity contribution is 7.92. The van der Waals surface area contributed by atoms with Gasteiger partial charge in [0.05, 0.1) is 24.1 Å². The highest BCUT2D eigenvalue weighted by Gasteiger charge is 2.31. The lowest BCUT2D eigenvalue weighted by atomic mass is 10.0. The van der Waals surface area contributed by atoms with Crippen LogP contribution in [0.25, 0.3) is 0 Å². The maximum Gasteiger partial charge on any atom is 0.243 e. The van der Waals surface area contributed by atoms with E-state index in [1.165, 1.54) is 17.5 Å². The molecule has 232 valence electrons. The van der Waals surface area contributed by atoms with E-state index in [-0.39, 0.29) is 48.8 Å². The molecule has 3 aromatic carbocycles. The van der Waals surface area contributed by atoms with Crippen molar-refractivity contribution in [1.82, 2.24) is 10.2 Å².